The van der Waals surface area contributed by atoms with E-state index in [4.69, 9.17) is 4.99 Å². The van der Waals surface area contributed by atoms with Gasteiger partial charge in [0.25, 0.3) is 0 Å². The minimum atomic E-state index is 0.544. The zero-order valence-corrected chi connectivity index (χ0v) is 19.2. The van der Waals surface area contributed by atoms with Crippen molar-refractivity contribution in [3.63, 3.8) is 0 Å². The summed E-state index contributed by atoms with van der Waals surface area (Å²) < 4.78 is 2.01. The summed E-state index contributed by atoms with van der Waals surface area (Å²) in [6, 6.07) is 10.5. The van der Waals surface area contributed by atoms with Gasteiger partial charge in [0.2, 0.25) is 0 Å². The van der Waals surface area contributed by atoms with Crippen LogP contribution in [0.25, 0.3) is 0 Å². The maximum atomic E-state index is 4.93. The number of aromatic nitrogens is 3. The fourth-order valence-corrected chi connectivity index (χ4v) is 4.17. The lowest BCUT2D eigenvalue weighted by Gasteiger charge is -2.37. The third-order valence-electron chi connectivity index (χ3n) is 5.87. The number of hydrogen-bond donors (Lipinski definition) is 1. The molecule has 1 N–H and O–H groups in total. The Labute approximate surface area is 181 Å². The molecule has 0 spiro atoms. The lowest BCUT2D eigenvalue weighted by molar-refractivity contribution is 0.208. The Kier molecular flexibility index (Phi) is 7.71. The Morgan fingerprint density at radius 1 is 1.17 bits per heavy atom. The number of hydrogen-bond acceptors (Lipinski definition) is 4. The van der Waals surface area contributed by atoms with Crippen molar-refractivity contribution in [1.82, 2.24) is 25.0 Å². The third kappa shape index (κ3) is 5.97. The number of para-hydroxylation sites is 1. The van der Waals surface area contributed by atoms with Crippen LogP contribution in [0.1, 0.15) is 38.3 Å². The molecule has 0 aliphatic carbocycles. The summed E-state index contributed by atoms with van der Waals surface area (Å²) in [6.07, 6.45) is 2.33. The Balaban J connectivity index is 1.60. The fourth-order valence-electron chi connectivity index (χ4n) is 4.17. The highest BCUT2D eigenvalue weighted by atomic mass is 15.3. The van der Waals surface area contributed by atoms with Crippen LogP contribution in [0.4, 0.5) is 5.69 Å². The summed E-state index contributed by atoms with van der Waals surface area (Å²) in [5.41, 5.74) is 1.25. The van der Waals surface area contributed by atoms with Gasteiger partial charge in [-0.1, -0.05) is 32.0 Å². The van der Waals surface area contributed by atoms with Crippen molar-refractivity contribution in [2.45, 2.75) is 40.2 Å². The number of nitrogens with one attached hydrogen (secondary N) is 1. The second-order valence-electron chi connectivity index (χ2n) is 8.75. The van der Waals surface area contributed by atoms with Crippen LogP contribution in [0.5, 0.6) is 0 Å². The van der Waals surface area contributed by atoms with Crippen molar-refractivity contribution < 1.29 is 0 Å². The van der Waals surface area contributed by atoms with E-state index in [0.29, 0.717) is 18.4 Å². The lowest BCUT2D eigenvalue weighted by atomic mass is 9.92. The van der Waals surface area contributed by atoms with Crippen LogP contribution < -0.4 is 10.2 Å². The number of likely N-dealkylation sites (tertiary alicyclic amines) is 1. The summed E-state index contributed by atoms with van der Waals surface area (Å²) in [7, 11) is 4.15. The first kappa shape index (κ1) is 22.1. The Hall–Kier alpha value is -2.57. The van der Waals surface area contributed by atoms with Crippen LogP contribution in [0, 0.1) is 18.8 Å². The number of aliphatic imine (C=N–C) groups is 1. The van der Waals surface area contributed by atoms with Crippen molar-refractivity contribution in [2.24, 2.45) is 23.9 Å². The van der Waals surface area contributed by atoms with Crippen molar-refractivity contribution in [2.75, 3.05) is 38.1 Å². The van der Waals surface area contributed by atoms with E-state index in [9.17, 15) is 0 Å². The van der Waals surface area contributed by atoms with Gasteiger partial charge >= 0.3 is 0 Å². The van der Waals surface area contributed by atoms with Gasteiger partial charge in [-0.05, 0) is 43.7 Å². The van der Waals surface area contributed by atoms with Crippen LogP contribution in [-0.2, 0) is 13.6 Å². The van der Waals surface area contributed by atoms with Gasteiger partial charge in [0.15, 0.2) is 11.8 Å². The van der Waals surface area contributed by atoms with Crippen LogP contribution in [0.15, 0.2) is 35.3 Å². The highest BCUT2D eigenvalue weighted by Gasteiger charge is 2.24. The molecule has 0 saturated carbocycles. The average molecular weight is 412 g/mol. The summed E-state index contributed by atoms with van der Waals surface area (Å²) in [5, 5.41) is 12.1. The van der Waals surface area contributed by atoms with Gasteiger partial charge in [0.05, 0.1) is 0 Å². The Morgan fingerprint density at radius 2 is 1.87 bits per heavy atom. The average Bonchev–Trinajstić information content (AvgIpc) is 3.05. The molecule has 1 aliphatic rings. The summed E-state index contributed by atoms with van der Waals surface area (Å²) in [4.78, 5) is 9.65. The first-order valence-corrected chi connectivity index (χ1v) is 11.1. The zero-order valence-electron chi connectivity index (χ0n) is 19.2. The van der Waals surface area contributed by atoms with E-state index in [2.05, 4.69) is 76.5 Å². The van der Waals surface area contributed by atoms with E-state index in [0.717, 1.165) is 50.2 Å². The van der Waals surface area contributed by atoms with E-state index in [1.165, 1.54) is 12.1 Å². The molecule has 1 aliphatic heterocycles. The molecule has 1 aromatic heterocycles. The number of nitrogens with zero attached hydrogens (tertiary/aromatic N) is 6. The van der Waals surface area contributed by atoms with Crippen molar-refractivity contribution in [1.29, 1.82) is 0 Å². The molecule has 1 aromatic carbocycles. The number of benzene rings is 1. The van der Waals surface area contributed by atoms with Crippen LogP contribution in [-0.4, -0.2) is 58.9 Å². The number of guanidine groups is 1. The summed E-state index contributed by atoms with van der Waals surface area (Å²) >= 11 is 0. The topological polar surface area (TPSA) is 61.6 Å². The van der Waals surface area contributed by atoms with Crippen LogP contribution in [0.2, 0.25) is 0 Å². The molecule has 7 nitrogen and oxygen atoms in total. The van der Waals surface area contributed by atoms with Crippen LogP contribution >= 0.6 is 0 Å². The monoisotopic (exact) mass is 411 g/mol. The molecular weight excluding hydrogens is 374 g/mol. The van der Waals surface area contributed by atoms with Crippen molar-refractivity contribution in [3.8, 4) is 0 Å². The SMILES string of the molecule is Cc1nnc(CN=C(NCCCN(C)c2ccccc2)N2CC(C)CC(C)C2)n1C. The van der Waals surface area contributed by atoms with E-state index >= 15 is 0 Å². The predicted octanol–water partition coefficient (Wildman–Crippen LogP) is 3.07. The molecule has 1 saturated heterocycles. The summed E-state index contributed by atoms with van der Waals surface area (Å²) in [6.45, 7) is 11.2. The van der Waals surface area contributed by atoms with E-state index in [1.54, 1.807) is 0 Å². The van der Waals surface area contributed by atoms with Gasteiger partial charge in [-0.25, -0.2) is 4.99 Å². The third-order valence-corrected chi connectivity index (χ3v) is 5.87. The fraction of sp³-hybridized carbons (Fsp3) is 0.609. The zero-order chi connectivity index (χ0) is 21.5. The van der Waals surface area contributed by atoms with Gasteiger partial charge in [-0.2, -0.15) is 0 Å². The van der Waals surface area contributed by atoms with Gasteiger partial charge in [-0.15, -0.1) is 10.2 Å². The highest BCUT2D eigenvalue weighted by Crippen LogP contribution is 2.21. The molecule has 0 amide bonds. The van der Waals surface area contributed by atoms with E-state index < -0.39 is 0 Å². The molecule has 2 atom stereocenters. The molecule has 3 rings (SSSR count). The van der Waals surface area contributed by atoms with Gasteiger partial charge in [0.1, 0.15) is 12.4 Å². The molecule has 2 unspecified atom stereocenters. The Bertz CT molecular complexity index is 804. The number of anilines is 1. The molecule has 2 aromatic rings. The lowest BCUT2D eigenvalue weighted by Crippen LogP contribution is -2.49. The first-order chi connectivity index (χ1) is 14.4. The van der Waals surface area contributed by atoms with Crippen LogP contribution in [0.3, 0.4) is 0 Å². The Morgan fingerprint density at radius 3 is 2.50 bits per heavy atom. The quantitative estimate of drug-likeness (QED) is 0.431. The number of aryl methyl sites for hydroxylation is 1. The molecule has 164 valence electrons. The summed E-state index contributed by atoms with van der Waals surface area (Å²) in [5.74, 6) is 4.17. The van der Waals surface area contributed by atoms with Gasteiger partial charge < -0.3 is 19.7 Å². The van der Waals surface area contributed by atoms with Gasteiger partial charge in [-0.3, -0.25) is 0 Å². The standard InChI is InChI=1S/C23H37N7/c1-18-14-19(2)17-30(16-18)23(25-15-22-27-26-20(3)29(22)5)24-12-9-13-28(4)21-10-7-6-8-11-21/h6-8,10-11,18-19H,9,12-17H2,1-5H3,(H,24,25). The molecule has 0 bridgehead atoms. The maximum absolute atomic E-state index is 4.93. The highest BCUT2D eigenvalue weighted by molar-refractivity contribution is 5.80. The molecular formula is C23H37N7. The second kappa shape index (κ2) is 10.5. The number of piperidine rings is 1. The molecule has 2 heterocycles. The first-order valence-electron chi connectivity index (χ1n) is 11.1. The molecule has 7 heteroatoms. The van der Waals surface area contributed by atoms with E-state index in [1.807, 2.05) is 18.5 Å². The molecule has 30 heavy (non-hydrogen) atoms. The van der Waals surface area contributed by atoms with Gasteiger partial charge in [0, 0.05) is 46.0 Å². The minimum absolute atomic E-state index is 0.544. The normalized spacial score (nSPS) is 19.8. The van der Waals surface area contributed by atoms with Crippen molar-refractivity contribution in [3.05, 3.63) is 42.0 Å². The number of rotatable bonds is 7. The van der Waals surface area contributed by atoms with Crippen molar-refractivity contribution >= 4 is 11.6 Å². The molecule has 0 radical (unpaired) electrons. The largest absolute Gasteiger partial charge is 0.375 e. The maximum Gasteiger partial charge on any atom is 0.194 e. The molecule has 1 fully saturated rings. The predicted molar refractivity (Wildman–Crippen MR) is 124 cm³/mol. The second-order valence-corrected chi connectivity index (χ2v) is 8.75. The minimum Gasteiger partial charge on any atom is -0.375 e. The van der Waals surface area contributed by atoms with E-state index in [-0.39, 0.29) is 0 Å². The smallest absolute Gasteiger partial charge is 0.194 e.